The summed E-state index contributed by atoms with van der Waals surface area (Å²) in [6.45, 7) is 0. The van der Waals surface area contributed by atoms with Crippen LogP contribution in [0.5, 0.6) is 28.7 Å². The number of benzene rings is 2. The molecule has 4 rings (SSSR count). The number of hydrogen-bond donors (Lipinski definition) is 4. The van der Waals surface area contributed by atoms with Gasteiger partial charge in [0, 0.05) is 50.5 Å². The lowest BCUT2D eigenvalue weighted by molar-refractivity contribution is 0.324. The zero-order chi connectivity index (χ0) is 31.7. The first kappa shape index (κ1) is 32.1. The highest BCUT2D eigenvalue weighted by atomic mass is 16.5. The maximum atomic E-state index is 5.89. The normalized spacial score (nSPS) is 10.3. The van der Waals surface area contributed by atoms with E-state index < -0.39 is 0 Å². The van der Waals surface area contributed by atoms with Gasteiger partial charge in [-0.25, -0.2) is 9.97 Å². The Morgan fingerprint density at radius 1 is 0.581 bits per heavy atom. The number of nitrogens with two attached hydrogens (primary N) is 4. The van der Waals surface area contributed by atoms with Crippen molar-refractivity contribution in [1.29, 1.82) is 0 Å². The third kappa shape index (κ3) is 7.87. The molecule has 0 aliphatic rings. The van der Waals surface area contributed by atoms with Crippen LogP contribution in [-0.2, 0) is 12.8 Å². The quantitative estimate of drug-likeness (QED) is 0.209. The van der Waals surface area contributed by atoms with E-state index in [1.807, 2.05) is 43.3 Å². The molecule has 2 aromatic heterocycles. The number of nitrogen functional groups attached to an aromatic ring is 4. The fourth-order valence-corrected chi connectivity index (χ4v) is 4.31. The van der Waals surface area contributed by atoms with Crippen molar-refractivity contribution in [1.82, 2.24) is 19.9 Å². The van der Waals surface area contributed by atoms with Gasteiger partial charge in [0.2, 0.25) is 17.6 Å². The number of hydrogen-bond acceptors (Lipinski definition) is 14. The maximum Gasteiger partial charge on any atom is 0.221 e. The predicted molar refractivity (Wildman–Crippen MR) is 167 cm³/mol. The van der Waals surface area contributed by atoms with Gasteiger partial charge in [-0.05, 0) is 35.4 Å². The van der Waals surface area contributed by atoms with Crippen LogP contribution in [0.3, 0.4) is 0 Å². The maximum absolute atomic E-state index is 5.89. The lowest BCUT2D eigenvalue weighted by Crippen LogP contribution is -2.12. The van der Waals surface area contributed by atoms with Gasteiger partial charge < -0.3 is 51.5 Å². The van der Waals surface area contributed by atoms with Crippen molar-refractivity contribution < 1.29 is 23.7 Å². The van der Waals surface area contributed by atoms with Gasteiger partial charge in [-0.1, -0.05) is 0 Å². The molecule has 43 heavy (non-hydrogen) atoms. The zero-order valence-electron chi connectivity index (χ0n) is 25.5. The van der Waals surface area contributed by atoms with Gasteiger partial charge in [0.05, 0.1) is 35.5 Å². The molecule has 0 bridgehead atoms. The van der Waals surface area contributed by atoms with Crippen LogP contribution in [0, 0.1) is 0 Å². The van der Waals surface area contributed by atoms with Gasteiger partial charge in [0.15, 0.2) is 11.5 Å². The van der Waals surface area contributed by atoms with E-state index in [4.69, 9.17) is 46.6 Å². The SMILES string of the molecule is COc1cc(Cc2cnc(N)nc2N)cc(OC)c1N(C)C.COc1cc(Cc2cnc(N)nc2N)cc(OC)c1OC. The second-order valence-corrected chi connectivity index (χ2v) is 9.41. The van der Waals surface area contributed by atoms with E-state index >= 15 is 0 Å². The molecule has 0 spiro atoms. The summed E-state index contributed by atoms with van der Waals surface area (Å²) in [7, 11) is 11.8. The van der Waals surface area contributed by atoms with Crippen LogP contribution in [-0.4, -0.2) is 69.6 Å². The van der Waals surface area contributed by atoms with Crippen molar-refractivity contribution in [3.63, 3.8) is 0 Å². The lowest BCUT2D eigenvalue weighted by Gasteiger charge is -2.21. The fourth-order valence-electron chi connectivity index (χ4n) is 4.31. The molecule has 8 N–H and O–H groups in total. The average Bonchev–Trinajstić information content (AvgIpc) is 2.99. The molecule has 0 saturated carbocycles. The van der Waals surface area contributed by atoms with E-state index in [0.29, 0.717) is 41.7 Å². The molecule has 0 radical (unpaired) electrons. The van der Waals surface area contributed by atoms with Crippen LogP contribution in [0.1, 0.15) is 22.3 Å². The van der Waals surface area contributed by atoms with Crippen molar-refractivity contribution >= 4 is 29.2 Å². The summed E-state index contributed by atoms with van der Waals surface area (Å²) in [5, 5.41) is 0. The summed E-state index contributed by atoms with van der Waals surface area (Å²) in [6.07, 6.45) is 4.34. The minimum Gasteiger partial charge on any atom is -0.494 e. The summed E-state index contributed by atoms with van der Waals surface area (Å²) < 4.78 is 26.9. The molecule has 14 nitrogen and oxygen atoms in total. The summed E-state index contributed by atoms with van der Waals surface area (Å²) in [6, 6.07) is 7.62. The Labute approximate surface area is 250 Å². The molecule has 0 saturated heterocycles. The molecule has 14 heteroatoms. The molecular weight excluding hydrogens is 554 g/mol. The first-order chi connectivity index (χ1) is 20.5. The van der Waals surface area contributed by atoms with Crippen LogP contribution in [0.4, 0.5) is 29.2 Å². The molecule has 4 aromatic rings. The van der Waals surface area contributed by atoms with Crippen LogP contribution in [0.2, 0.25) is 0 Å². The zero-order valence-corrected chi connectivity index (χ0v) is 25.5. The van der Waals surface area contributed by atoms with Gasteiger partial charge in [-0.2, -0.15) is 9.97 Å². The topological polar surface area (TPSA) is 205 Å². The number of aromatic nitrogens is 4. The van der Waals surface area contributed by atoms with Crippen molar-refractivity contribution in [3.05, 3.63) is 58.9 Å². The highest BCUT2D eigenvalue weighted by Crippen LogP contribution is 2.40. The number of ether oxygens (including phenoxy) is 5. The first-order valence-corrected chi connectivity index (χ1v) is 13.0. The van der Waals surface area contributed by atoms with Gasteiger partial charge in [0.25, 0.3) is 0 Å². The van der Waals surface area contributed by atoms with E-state index in [-0.39, 0.29) is 11.9 Å². The Hall–Kier alpha value is -5.40. The molecule has 0 unspecified atom stereocenters. The van der Waals surface area contributed by atoms with E-state index in [1.54, 1.807) is 47.9 Å². The third-order valence-corrected chi connectivity index (χ3v) is 6.33. The highest BCUT2D eigenvalue weighted by Gasteiger charge is 2.16. The Morgan fingerprint density at radius 3 is 1.26 bits per heavy atom. The van der Waals surface area contributed by atoms with E-state index in [9.17, 15) is 0 Å². The van der Waals surface area contributed by atoms with E-state index in [1.165, 1.54) is 0 Å². The minimum absolute atomic E-state index is 0.154. The molecule has 0 fully saturated rings. The van der Waals surface area contributed by atoms with E-state index in [2.05, 4.69) is 19.9 Å². The standard InChI is InChI=1S/C15H21N5O2.C14H18N4O3/c1-20(2)13-11(21-3)6-9(7-12(13)22-4)5-10-8-18-15(17)19-14(10)16;1-19-10-5-8(6-11(20-2)12(10)21-3)4-9-7-17-14(16)18-13(9)15/h6-8H,5H2,1-4H3,(H4,16,17,18,19);5-7H,4H2,1-3H3,(H4,15,16,17,18). The lowest BCUT2D eigenvalue weighted by atomic mass is 10.0. The minimum atomic E-state index is 0.154. The molecule has 0 atom stereocenters. The Bertz CT molecular complexity index is 1500. The second kappa shape index (κ2) is 14.5. The number of rotatable bonds is 10. The average molecular weight is 594 g/mol. The van der Waals surface area contributed by atoms with Crippen molar-refractivity contribution in [2.75, 3.05) is 77.5 Å². The highest BCUT2D eigenvalue weighted by molar-refractivity contribution is 5.69. The monoisotopic (exact) mass is 593 g/mol. The van der Waals surface area contributed by atoms with Crippen LogP contribution in [0.25, 0.3) is 0 Å². The van der Waals surface area contributed by atoms with Gasteiger partial charge in [-0.15, -0.1) is 0 Å². The summed E-state index contributed by atoms with van der Waals surface area (Å²) in [5.41, 5.74) is 27.1. The summed E-state index contributed by atoms with van der Waals surface area (Å²) in [4.78, 5) is 17.8. The van der Waals surface area contributed by atoms with Gasteiger partial charge in [0.1, 0.15) is 28.8 Å². The van der Waals surface area contributed by atoms with Crippen LogP contribution < -0.4 is 51.5 Å². The van der Waals surface area contributed by atoms with Gasteiger partial charge >= 0.3 is 0 Å². The number of anilines is 5. The van der Waals surface area contributed by atoms with Crippen molar-refractivity contribution in [3.8, 4) is 28.7 Å². The summed E-state index contributed by atoms with van der Waals surface area (Å²) in [5.74, 6) is 4.23. The fraction of sp³-hybridized carbons (Fsp3) is 0.310. The second-order valence-electron chi connectivity index (χ2n) is 9.41. The molecule has 0 amide bonds. The summed E-state index contributed by atoms with van der Waals surface area (Å²) >= 11 is 0. The molecule has 2 aromatic carbocycles. The Kier molecular flexibility index (Phi) is 10.8. The largest absolute Gasteiger partial charge is 0.494 e. The van der Waals surface area contributed by atoms with Crippen LogP contribution >= 0.6 is 0 Å². The number of methoxy groups -OCH3 is 5. The van der Waals surface area contributed by atoms with E-state index in [0.717, 1.165) is 39.4 Å². The number of nitrogens with zero attached hydrogens (tertiary/aromatic N) is 5. The first-order valence-electron chi connectivity index (χ1n) is 13.0. The smallest absolute Gasteiger partial charge is 0.221 e. The van der Waals surface area contributed by atoms with Crippen molar-refractivity contribution in [2.45, 2.75) is 12.8 Å². The predicted octanol–water partition coefficient (Wildman–Crippen LogP) is 2.57. The molecule has 0 aliphatic carbocycles. The molecular formula is C29H39N9O5. The Balaban J connectivity index is 0.000000236. The van der Waals surface area contributed by atoms with Crippen molar-refractivity contribution in [2.24, 2.45) is 0 Å². The Morgan fingerprint density at radius 2 is 0.953 bits per heavy atom. The third-order valence-electron chi connectivity index (χ3n) is 6.33. The van der Waals surface area contributed by atoms with Crippen LogP contribution in [0.15, 0.2) is 36.7 Å². The molecule has 0 aliphatic heterocycles. The van der Waals surface area contributed by atoms with Gasteiger partial charge in [-0.3, -0.25) is 0 Å². The molecule has 2 heterocycles. The molecule has 230 valence electrons.